The Kier molecular flexibility index (Phi) is 4.45. The fourth-order valence-electron chi connectivity index (χ4n) is 2.64. The summed E-state index contributed by atoms with van der Waals surface area (Å²) in [4.78, 5) is 12.1. The van der Waals surface area contributed by atoms with Crippen LogP contribution in [0.5, 0.6) is 0 Å². The third-order valence-corrected chi connectivity index (χ3v) is 3.46. The zero-order valence-electron chi connectivity index (χ0n) is 12.4. The van der Waals surface area contributed by atoms with E-state index in [2.05, 4.69) is 19.2 Å². The topological polar surface area (TPSA) is 58.6 Å². The number of carbonyl (C=O) groups excluding carboxylic acids is 1. The second-order valence-corrected chi connectivity index (χ2v) is 6.25. The maximum atomic E-state index is 12.1. The molecule has 0 saturated carbocycles. The quantitative estimate of drug-likeness (QED) is 0.868. The van der Waals surface area contributed by atoms with Crippen LogP contribution in [0.2, 0.25) is 0 Å². The van der Waals surface area contributed by atoms with Gasteiger partial charge in [-0.05, 0) is 42.5 Å². The average Bonchev–Trinajstić information content (AvgIpc) is 2.81. The average molecular weight is 277 g/mol. The van der Waals surface area contributed by atoms with Crippen molar-refractivity contribution in [2.24, 2.45) is 5.92 Å². The third kappa shape index (κ3) is 3.81. The summed E-state index contributed by atoms with van der Waals surface area (Å²) in [5.41, 5.74) is 1.97. The fourth-order valence-corrected chi connectivity index (χ4v) is 2.64. The first-order valence-corrected chi connectivity index (χ1v) is 7.07. The van der Waals surface area contributed by atoms with E-state index in [4.69, 9.17) is 4.74 Å². The van der Waals surface area contributed by atoms with E-state index >= 15 is 0 Å². The largest absolute Gasteiger partial charge is 0.388 e. The summed E-state index contributed by atoms with van der Waals surface area (Å²) in [6.07, 6.45) is 0.658. The monoisotopic (exact) mass is 277 g/mol. The number of ether oxygens (including phenoxy) is 1. The first-order chi connectivity index (χ1) is 9.37. The van der Waals surface area contributed by atoms with E-state index in [1.165, 1.54) is 0 Å². The van der Waals surface area contributed by atoms with E-state index < -0.39 is 5.60 Å². The highest BCUT2D eigenvalue weighted by Gasteiger charge is 2.23. The van der Waals surface area contributed by atoms with Crippen molar-refractivity contribution >= 4 is 5.91 Å². The van der Waals surface area contributed by atoms with Crippen LogP contribution in [0.1, 0.15) is 48.7 Å². The Balaban J connectivity index is 1.95. The van der Waals surface area contributed by atoms with Gasteiger partial charge in [-0.15, -0.1) is 0 Å². The first kappa shape index (κ1) is 15.0. The highest BCUT2D eigenvalue weighted by atomic mass is 16.5. The molecule has 1 amide bonds. The summed E-state index contributed by atoms with van der Waals surface area (Å²) in [7, 11) is 0. The second kappa shape index (κ2) is 5.94. The molecule has 110 valence electrons. The van der Waals surface area contributed by atoms with Crippen LogP contribution >= 0.6 is 0 Å². The highest BCUT2D eigenvalue weighted by Crippen LogP contribution is 2.21. The lowest BCUT2D eigenvalue weighted by atomic mass is 9.94. The summed E-state index contributed by atoms with van der Waals surface area (Å²) in [5.74, 6) is 0.239. The van der Waals surface area contributed by atoms with Crippen LogP contribution in [0.3, 0.4) is 0 Å². The Morgan fingerprint density at radius 1 is 1.40 bits per heavy atom. The third-order valence-electron chi connectivity index (χ3n) is 3.46. The predicted octanol–water partition coefficient (Wildman–Crippen LogP) is 2.24. The molecule has 1 aliphatic rings. The number of fused-ring (bicyclic) bond motifs is 1. The molecule has 1 aliphatic heterocycles. The van der Waals surface area contributed by atoms with Crippen molar-refractivity contribution in [3.8, 4) is 0 Å². The van der Waals surface area contributed by atoms with Crippen LogP contribution in [0.4, 0.5) is 0 Å². The van der Waals surface area contributed by atoms with Gasteiger partial charge in [0.2, 0.25) is 0 Å². The van der Waals surface area contributed by atoms with Crippen molar-refractivity contribution in [3.63, 3.8) is 0 Å². The molecule has 1 heterocycles. The Hall–Kier alpha value is -1.39. The first-order valence-electron chi connectivity index (χ1n) is 7.07. The van der Waals surface area contributed by atoms with Crippen LogP contribution in [-0.4, -0.2) is 23.2 Å². The van der Waals surface area contributed by atoms with Gasteiger partial charge in [0.15, 0.2) is 0 Å². The van der Waals surface area contributed by atoms with Gasteiger partial charge in [0.05, 0.1) is 18.8 Å². The van der Waals surface area contributed by atoms with E-state index in [0.29, 0.717) is 31.1 Å². The normalized spacial score (nSPS) is 16.9. The van der Waals surface area contributed by atoms with Crippen LogP contribution in [0.25, 0.3) is 0 Å². The predicted molar refractivity (Wildman–Crippen MR) is 77.3 cm³/mol. The number of carbonyl (C=O) groups is 1. The standard InChI is InChI=1S/C16H23NO3/c1-11(2)7-16(3,19)10-17-15(18)12-4-5-13-8-20-9-14(13)6-12/h4-6,11,19H,7-10H2,1-3H3,(H,17,18). The van der Waals surface area contributed by atoms with Crippen molar-refractivity contribution in [1.82, 2.24) is 5.32 Å². The van der Waals surface area contributed by atoms with Gasteiger partial charge in [-0.3, -0.25) is 4.79 Å². The Morgan fingerprint density at radius 2 is 2.10 bits per heavy atom. The molecule has 0 saturated heterocycles. The number of rotatable bonds is 5. The second-order valence-electron chi connectivity index (χ2n) is 6.25. The Labute approximate surface area is 120 Å². The lowest BCUT2D eigenvalue weighted by Gasteiger charge is -2.25. The molecule has 0 radical (unpaired) electrons. The molecule has 1 unspecified atom stereocenters. The summed E-state index contributed by atoms with van der Waals surface area (Å²) >= 11 is 0. The molecule has 2 N–H and O–H groups in total. The molecule has 4 heteroatoms. The van der Waals surface area contributed by atoms with Crippen molar-refractivity contribution in [3.05, 3.63) is 34.9 Å². The van der Waals surface area contributed by atoms with Crippen LogP contribution in [0.15, 0.2) is 18.2 Å². The van der Waals surface area contributed by atoms with Crippen LogP contribution < -0.4 is 5.32 Å². The van der Waals surface area contributed by atoms with Gasteiger partial charge in [-0.1, -0.05) is 19.9 Å². The minimum absolute atomic E-state index is 0.149. The number of hydrogen-bond acceptors (Lipinski definition) is 3. The zero-order valence-corrected chi connectivity index (χ0v) is 12.4. The smallest absolute Gasteiger partial charge is 0.251 e. The summed E-state index contributed by atoms with van der Waals surface area (Å²) in [6.45, 7) is 7.32. The van der Waals surface area contributed by atoms with Crippen molar-refractivity contribution in [2.75, 3.05) is 6.54 Å². The van der Waals surface area contributed by atoms with Crippen molar-refractivity contribution in [1.29, 1.82) is 0 Å². The molecule has 0 aliphatic carbocycles. The van der Waals surface area contributed by atoms with Gasteiger partial charge in [0.25, 0.3) is 5.91 Å². The van der Waals surface area contributed by atoms with Crippen molar-refractivity contribution < 1.29 is 14.6 Å². The van der Waals surface area contributed by atoms with E-state index in [-0.39, 0.29) is 12.5 Å². The lowest BCUT2D eigenvalue weighted by molar-refractivity contribution is 0.0368. The van der Waals surface area contributed by atoms with E-state index in [1.807, 2.05) is 12.1 Å². The molecule has 1 aromatic carbocycles. The minimum Gasteiger partial charge on any atom is -0.388 e. The number of benzene rings is 1. The molecule has 0 bridgehead atoms. The molecule has 0 spiro atoms. The van der Waals surface area contributed by atoms with Gasteiger partial charge >= 0.3 is 0 Å². The van der Waals surface area contributed by atoms with E-state index in [0.717, 1.165) is 11.1 Å². The molecule has 1 aromatic rings. The molecule has 20 heavy (non-hydrogen) atoms. The van der Waals surface area contributed by atoms with Crippen LogP contribution in [-0.2, 0) is 18.0 Å². The summed E-state index contributed by atoms with van der Waals surface area (Å²) in [6, 6.07) is 5.61. The van der Waals surface area contributed by atoms with E-state index in [9.17, 15) is 9.90 Å². The molecule has 1 atom stereocenters. The number of amides is 1. The molecule has 4 nitrogen and oxygen atoms in total. The molecule has 0 aromatic heterocycles. The Bertz CT molecular complexity index is 494. The molecular formula is C16H23NO3. The summed E-state index contributed by atoms with van der Waals surface area (Å²) < 4.78 is 5.34. The van der Waals surface area contributed by atoms with Gasteiger partial charge < -0.3 is 15.2 Å². The number of nitrogens with one attached hydrogen (secondary N) is 1. The maximum Gasteiger partial charge on any atom is 0.251 e. The van der Waals surface area contributed by atoms with Gasteiger partial charge in [-0.25, -0.2) is 0 Å². The van der Waals surface area contributed by atoms with Crippen LogP contribution in [0, 0.1) is 5.92 Å². The SMILES string of the molecule is CC(C)CC(C)(O)CNC(=O)c1ccc2c(c1)COC2. The molecule has 0 fully saturated rings. The van der Waals surface area contributed by atoms with Gasteiger partial charge in [0, 0.05) is 12.1 Å². The lowest BCUT2D eigenvalue weighted by Crippen LogP contribution is -2.41. The van der Waals surface area contributed by atoms with E-state index in [1.54, 1.807) is 13.0 Å². The number of hydrogen-bond donors (Lipinski definition) is 2. The highest BCUT2D eigenvalue weighted by molar-refractivity contribution is 5.94. The molecular weight excluding hydrogens is 254 g/mol. The number of aliphatic hydroxyl groups is 1. The van der Waals surface area contributed by atoms with Gasteiger partial charge in [0.1, 0.15) is 0 Å². The summed E-state index contributed by atoms with van der Waals surface area (Å²) in [5, 5.41) is 13.0. The molecule has 2 rings (SSSR count). The Morgan fingerprint density at radius 3 is 2.80 bits per heavy atom. The van der Waals surface area contributed by atoms with Gasteiger partial charge in [-0.2, -0.15) is 0 Å². The minimum atomic E-state index is -0.871. The van der Waals surface area contributed by atoms with Crippen molar-refractivity contribution in [2.45, 2.75) is 46.0 Å². The zero-order chi connectivity index (χ0) is 14.8. The maximum absolute atomic E-state index is 12.1. The fraction of sp³-hybridized carbons (Fsp3) is 0.562.